The van der Waals surface area contributed by atoms with E-state index in [-0.39, 0.29) is 18.6 Å². The van der Waals surface area contributed by atoms with Crippen LogP contribution in [-0.4, -0.2) is 27.6 Å². The van der Waals surface area contributed by atoms with Crippen LogP contribution in [0.25, 0.3) is 0 Å². The number of nitrogens with zero attached hydrogens (tertiary/aromatic N) is 3. The van der Waals surface area contributed by atoms with Gasteiger partial charge in [-0.3, -0.25) is 0 Å². The van der Waals surface area contributed by atoms with E-state index in [1.54, 1.807) is 11.3 Å². The third kappa shape index (κ3) is 2.49. The van der Waals surface area contributed by atoms with Gasteiger partial charge in [-0.05, 0) is 43.2 Å². The van der Waals surface area contributed by atoms with Gasteiger partial charge in [0.15, 0.2) is 5.82 Å². The molecule has 0 unspecified atom stereocenters. The molecule has 1 aliphatic heterocycles. The third-order valence-corrected chi connectivity index (χ3v) is 5.35. The van der Waals surface area contributed by atoms with Crippen LogP contribution < -0.4 is 5.32 Å². The maximum Gasteiger partial charge on any atom is 0.318 e. The predicted molar refractivity (Wildman–Crippen MR) is 81.7 cm³/mol. The number of carbonyl (C=O) groups is 1. The van der Waals surface area contributed by atoms with Crippen LogP contribution in [0.1, 0.15) is 53.9 Å². The average Bonchev–Trinajstić information content (AvgIpc) is 3.07. The van der Waals surface area contributed by atoms with Crippen molar-refractivity contribution in [1.29, 1.82) is 0 Å². The molecule has 1 saturated carbocycles. The van der Waals surface area contributed by atoms with Gasteiger partial charge >= 0.3 is 6.03 Å². The molecule has 3 heterocycles. The quantitative estimate of drug-likeness (QED) is 0.944. The molecule has 1 aliphatic carbocycles. The zero-order valence-electron chi connectivity index (χ0n) is 12.4. The lowest BCUT2D eigenvalue weighted by Crippen LogP contribution is -2.44. The molecule has 4 rings (SSSR count). The molecule has 2 aromatic heterocycles. The molecule has 1 fully saturated rings. The number of hydrogen-bond acceptors (Lipinski definition) is 5. The average molecular weight is 318 g/mol. The Hall–Kier alpha value is -1.89. The number of aromatic nitrogens is 2. The molecule has 1 atom stereocenters. The van der Waals surface area contributed by atoms with Crippen molar-refractivity contribution >= 4 is 17.4 Å². The van der Waals surface area contributed by atoms with E-state index < -0.39 is 0 Å². The molecule has 0 spiro atoms. The van der Waals surface area contributed by atoms with Gasteiger partial charge in [-0.2, -0.15) is 4.98 Å². The Morgan fingerprint density at radius 3 is 3.23 bits per heavy atom. The van der Waals surface area contributed by atoms with Crippen molar-refractivity contribution in [2.45, 2.75) is 44.7 Å². The number of hydrogen-bond donors (Lipinski definition) is 1. The minimum absolute atomic E-state index is 0.0736. The first kappa shape index (κ1) is 13.8. The maximum absolute atomic E-state index is 12.4. The number of nitrogens with one attached hydrogen (secondary N) is 1. The summed E-state index contributed by atoms with van der Waals surface area (Å²) in [5.41, 5.74) is 1.26. The van der Waals surface area contributed by atoms with Crippen molar-refractivity contribution in [1.82, 2.24) is 20.4 Å². The van der Waals surface area contributed by atoms with Crippen LogP contribution >= 0.6 is 11.3 Å². The molecule has 1 N–H and O–H groups in total. The summed E-state index contributed by atoms with van der Waals surface area (Å²) >= 11 is 1.77. The number of thiophene rings is 1. The van der Waals surface area contributed by atoms with E-state index in [0.29, 0.717) is 11.8 Å². The lowest BCUT2D eigenvalue weighted by Gasteiger charge is -2.33. The minimum atomic E-state index is -0.0736. The molecule has 116 valence electrons. The van der Waals surface area contributed by atoms with Crippen LogP contribution in [0.15, 0.2) is 16.0 Å². The SMILES string of the molecule is C[C@@H]1c2ccsc2CCN1C(=O)NCc1nc(C2CC2)no1. The summed E-state index contributed by atoms with van der Waals surface area (Å²) in [6.07, 6.45) is 3.20. The molecule has 2 amide bonds. The number of rotatable bonds is 3. The first-order chi connectivity index (χ1) is 10.7. The summed E-state index contributed by atoms with van der Waals surface area (Å²) in [5, 5.41) is 8.94. The highest BCUT2D eigenvalue weighted by molar-refractivity contribution is 7.10. The topological polar surface area (TPSA) is 71.3 Å². The van der Waals surface area contributed by atoms with E-state index >= 15 is 0 Å². The standard InChI is InChI=1S/C15H18N4O2S/c1-9-11-5-7-22-12(11)4-6-19(9)15(20)16-8-13-17-14(18-21-13)10-2-3-10/h5,7,9-10H,2-4,6,8H2,1H3,(H,16,20)/t9-/m1/s1. The van der Waals surface area contributed by atoms with E-state index in [1.807, 2.05) is 4.90 Å². The van der Waals surface area contributed by atoms with Gasteiger partial charge in [0.05, 0.1) is 12.6 Å². The van der Waals surface area contributed by atoms with Crippen molar-refractivity contribution in [2.24, 2.45) is 0 Å². The van der Waals surface area contributed by atoms with Gasteiger partial charge in [0.25, 0.3) is 0 Å². The van der Waals surface area contributed by atoms with Crippen molar-refractivity contribution in [2.75, 3.05) is 6.54 Å². The van der Waals surface area contributed by atoms with Gasteiger partial charge in [0, 0.05) is 17.3 Å². The Labute approximate surface area is 132 Å². The summed E-state index contributed by atoms with van der Waals surface area (Å²) in [4.78, 5) is 20.0. The second kappa shape index (κ2) is 5.39. The summed E-state index contributed by atoms with van der Waals surface area (Å²) in [6.45, 7) is 3.11. The highest BCUT2D eigenvalue weighted by Crippen LogP contribution is 2.38. The molecule has 2 aromatic rings. The van der Waals surface area contributed by atoms with E-state index in [2.05, 4.69) is 33.8 Å². The molecular weight excluding hydrogens is 300 g/mol. The zero-order chi connectivity index (χ0) is 15.1. The molecule has 0 saturated heterocycles. The molecule has 0 bridgehead atoms. The first-order valence-electron chi connectivity index (χ1n) is 7.65. The molecular formula is C15H18N4O2S. The number of urea groups is 1. The van der Waals surface area contributed by atoms with Crippen LogP contribution in [0.4, 0.5) is 4.79 Å². The zero-order valence-corrected chi connectivity index (χ0v) is 13.2. The smallest absolute Gasteiger partial charge is 0.318 e. The number of carbonyl (C=O) groups excluding carboxylic acids is 1. The summed E-state index contributed by atoms with van der Waals surface area (Å²) in [5.74, 6) is 1.72. The van der Waals surface area contributed by atoms with Gasteiger partial charge in [-0.1, -0.05) is 5.16 Å². The summed E-state index contributed by atoms with van der Waals surface area (Å²) < 4.78 is 5.18. The fourth-order valence-corrected chi connectivity index (χ4v) is 3.85. The fraction of sp³-hybridized carbons (Fsp3) is 0.533. The second-order valence-electron chi connectivity index (χ2n) is 5.90. The van der Waals surface area contributed by atoms with Gasteiger partial charge in [0.2, 0.25) is 5.89 Å². The molecule has 0 radical (unpaired) electrons. The van der Waals surface area contributed by atoms with E-state index in [9.17, 15) is 4.79 Å². The van der Waals surface area contributed by atoms with Crippen LogP contribution in [-0.2, 0) is 13.0 Å². The van der Waals surface area contributed by atoms with E-state index in [4.69, 9.17) is 4.52 Å². The normalized spacial score (nSPS) is 20.8. The fourth-order valence-electron chi connectivity index (χ4n) is 2.89. The van der Waals surface area contributed by atoms with Gasteiger partial charge in [-0.25, -0.2) is 4.79 Å². The summed E-state index contributed by atoms with van der Waals surface area (Å²) in [6, 6.07) is 2.15. The Kier molecular flexibility index (Phi) is 3.37. The Balaban J connectivity index is 1.37. The molecule has 7 heteroatoms. The van der Waals surface area contributed by atoms with Crippen molar-refractivity contribution < 1.29 is 9.32 Å². The maximum atomic E-state index is 12.4. The highest BCUT2D eigenvalue weighted by Gasteiger charge is 2.30. The van der Waals surface area contributed by atoms with Gasteiger partial charge in [-0.15, -0.1) is 11.3 Å². The van der Waals surface area contributed by atoms with Crippen molar-refractivity contribution in [3.8, 4) is 0 Å². The molecule has 2 aliphatic rings. The van der Waals surface area contributed by atoms with Crippen LogP contribution in [0.2, 0.25) is 0 Å². The van der Waals surface area contributed by atoms with Crippen LogP contribution in [0.5, 0.6) is 0 Å². The minimum Gasteiger partial charge on any atom is -0.337 e. The predicted octanol–water partition coefficient (Wildman–Crippen LogP) is 2.84. The van der Waals surface area contributed by atoms with Crippen LogP contribution in [0, 0.1) is 0 Å². The Morgan fingerprint density at radius 1 is 1.55 bits per heavy atom. The second-order valence-corrected chi connectivity index (χ2v) is 6.90. The number of amides is 2. The van der Waals surface area contributed by atoms with Crippen molar-refractivity contribution in [3.05, 3.63) is 33.6 Å². The number of fused-ring (bicyclic) bond motifs is 1. The molecule has 6 nitrogen and oxygen atoms in total. The Morgan fingerprint density at radius 2 is 2.41 bits per heavy atom. The highest BCUT2D eigenvalue weighted by atomic mass is 32.1. The lowest BCUT2D eigenvalue weighted by atomic mass is 10.0. The Bertz CT molecular complexity index is 691. The van der Waals surface area contributed by atoms with E-state index in [1.165, 1.54) is 10.4 Å². The largest absolute Gasteiger partial charge is 0.337 e. The van der Waals surface area contributed by atoms with Crippen LogP contribution in [0.3, 0.4) is 0 Å². The van der Waals surface area contributed by atoms with Crippen molar-refractivity contribution in [3.63, 3.8) is 0 Å². The third-order valence-electron chi connectivity index (χ3n) is 4.36. The summed E-state index contributed by atoms with van der Waals surface area (Å²) in [7, 11) is 0. The lowest BCUT2D eigenvalue weighted by molar-refractivity contribution is 0.173. The first-order valence-corrected chi connectivity index (χ1v) is 8.53. The van der Waals surface area contributed by atoms with Gasteiger partial charge < -0.3 is 14.7 Å². The van der Waals surface area contributed by atoms with E-state index in [0.717, 1.165) is 31.6 Å². The molecule has 22 heavy (non-hydrogen) atoms. The van der Waals surface area contributed by atoms with Gasteiger partial charge in [0.1, 0.15) is 0 Å². The molecule has 0 aromatic carbocycles. The monoisotopic (exact) mass is 318 g/mol.